The highest BCUT2D eigenvalue weighted by Gasteiger charge is 2.24. The molecule has 0 aliphatic rings. The van der Waals surface area contributed by atoms with Gasteiger partial charge < -0.3 is 25.4 Å². The van der Waals surface area contributed by atoms with Gasteiger partial charge >= 0.3 is 6.09 Å². The molecule has 3 N–H and O–H groups in total. The average Bonchev–Trinajstić information content (AvgIpc) is 2.56. The van der Waals surface area contributed by atoms with E-state index >= 15 is 0 Å². The summed E-state index contributed by atoms with van der Waals surface area (Å²) in [5, 5.41) is 9.40. The molecule has 0 bridgehead atoms. The topological polar surface area (TPSA) is 84.0 Å². The number of nitrogens with one attached hydrogen (secondary N) is 3. The van der Waals surface area contributed by atoms with Crippen LogP contribution in [0, 0.1) is 6.92 Å². The van der Waals surface area contributed by atoms with Crippen molar-refractivity contribution in [2.75, 3.05) is 27.2 Å². The van der Waals surface area contributed by atoms with Gasteiger partial charge in [0, 0.05) is 20.1 Å². The summed E-state index contributed by atoms with van der Waals surface area (Å²) < 4.78 is 10.7. The lowest BCUT2D eigenvalue weighted by atomic mass is 10.1. The monoisotopic (exact) mass is 392 g/mol. The molecule has 1 aromatic carbocycles. The maximum absolute atomic E-state index is 12.0. The van der Waals surface area contributed by atoms with Crippen LogP contribution in [0.3, 0.4) is 0 Å². The molecule has 0 fully saturated rings. The smallest absolute Gasteiger partial charge is 0.408 e. The van der Waals surface area contributed by atoms with Gasteiger partial charge in [-0.1, -0.05) is 12.1 Å². The number of nitrogens with zero attached hydrogens (tertiary/aromatic N) is 1. The van der Waals surface area contributed by atoms with Crippen LogP contribution < -0.4 is 20.7 Å². The minimum atomic E-state index is -0.524. The summed E-state index contributed by atoms with van der Waals surface area (Å²) in [7, 11) is 3.40. The normalized spacial score (nSPS) is 12.4. The lowest BCUT2D eigenvalue weighted by Gasteiger charge is -2.29. The third-order valence-corrected chi connectivity index (χ3v) is 3.94. The standard InChI is InChI=1S/C21H36N4O3/c1-15-9-10-16(13-17(15)27-8)11-12-23-18(22-7)24-14-21(5,6)25-19(26)28-20(2,3)4/h9-10,13H,11-12,14H2,1-8H3,(H,25,26)(H2,22,23,24). The van der Waals surface area contributed by atoms with Crippen molar-refractivity contribution in [1.29, 1.82) is 0 Å². The van der Waals surface area contributed by atoms with Crippen molar-refractivity contribution in [3.8, 4) is 5.75 Å². The molecule has 7 nitrogen and oxygen atoms in total. The van der Waals surface area contributed by atoms with Gasteiger partial charge in [0.15, 0.2) is 5.96 Å². The maximum atomic E-state index is 12.0. The highest BCUT2D eigenvalue weighted by molar-refractivity contribution is 5.79. The molecular weight excluding hydrogens is 356 g/mol. The molecule has 1 rings (SSSR count). The van der Waals surface area contributed by atoms with Gasteiger partial charge in [-0.25, -0.2) is 4.79 Å². The Kier molecular flexibility index (Phi) is 8.60. The Hall–Kier alpha value is -2.44. The van der Waals surface area contributed by atoms with Gasteiger partial charge in [0.05, 0.1) is 12.6 Å². The van der Waals surface area contributed by atoms with Gasteiger partial charge in [-0.2, -0.15) is 0 Å². The fourth-order valence-electron chi connectivity index (χ4n) is 2.49. The predicted octanol–water partition coefficient (Wildman–Crippen LogP) is 3.01. The van der Waals surface area contributed by atoms with Gasteiger partial charge in [0.25, 0.3) is 0 Å². The van der Waals surface area contributed by atoms with Crippen LogP contribution in [0.5, 0.6) is 5.75 Å². The molecule has 28 heavy (non-hydrogen) atoms. The summed E-state index contributed by atoms with van der Waals surface area (Å²) >= 11 is 0. The van der Waals surface area contributed by atoms with Gasteiger partial charge in [0.2, 0.25) is 0 Å². The number of alkyl carbamates (subject to hydrolysis) is 1. The Balaban J connectivity index is 2.47. The molecule has 0 saturated carbocycles. The second-order valence-electron chi connectivity index (χ2n) is 8.42. The zero-order valence-electron chi connectivity index (χ0n) is 18.5. The minimum absolute atomic E-state index is 0.435. The molecule has 158 valence electrons. The third kappa shape index (κ3) is 8.97. The van der Waals surface area contributed by atoms with E-state index in [1.54, 1.807) is 14.2 Å². The fourth-order valence-corrected chi connectivity index (χ4v) is 2.49. The zero-order chi connectivity index (χ0) is 21.4. The SMILES string of the molecule is CN=C(NCCc1ccc(C)c(OC)c1)NCC(C)(C)NC(=O)OC(C)(C)C. The lowest BCUT2D eigenvalue weighted by Crippen LogP contribution is -2.54. The number of methoxy groups -OCH3 is 1. The highest BCUT2D eigenvalue weighted by atomic mass is 16.6. The van der Waals surface area contributed by atoms with Crippen LogP contribution in [0.25, 0.3) is 0 Å². The fraction of sp³-hybridized carbons (Fsp3) is 0.619. The number of aliphatic imine (C=N–C) groups is 1. The highest BCUT2D eigenvalue weighted by Crippen LogP contribution is 2.19. The van der Waals surface area contributed by atoms with E-state index in [9.17, 15) is 4.79 Å². The summed E-state index contributed by atoms with van der Waals surface area (Å²) in [6.07, 6.45) is 0.409. The Morgan fingerprint density at radius 1 is 1.14 bits per heavy atom. The number of amides is 1. The number of hydrogen-bond acceptors (Lipinski definition) is 4. The van der Waals surface area contributed by atoms with Crippen molar-refractivity contribution in [1.82, 2.24) is 16.0 Å². The van der Waals surface area contributed by atoms with Gasteiger partial charge in [-0.3, -0.25) is 4.99 Å². The first-order valence-electron chi connectivity index (χ1n) is 9.55. The van der Waals surface area contributed by atoms with E-state index in [4.69, 9.17) is 9.47 Å². The maximum Gasteiger partial charge on any atom is 0.408 e. The van der Waals surface area contributed by atoms with Gasteiger partial charge in [-0.15, -0.1) is 0 Å². The van der Waals surface area contributed by atoms with E-state index in [1.165, 1.54) is 5.56 Å². The number of guanidine groups is 1. The van der Waals surface area contributed by atoms with Crippen LogP contribution >= 0.6 is 0 Å². The Morgan fingerprint density at radius 2 is 1.82 bits per heavy atom. The molecule has 0 aliphatic heterocycles. The largest absolute Gasteiger partial charge is 0.496 e. The molecule has 0 atom stereocenters. The Morgan fingerprint density at radius 3 is 2.39 bits per heavy atom. The molecule has 0 aromatic heterocycles. The first-order chi connectivity index (χ1) is 13.0. The molecule has 0 saturated heterocycles. The number of carbonyl (C=O) groups is 1. The van der Waals surface area contributed by atoms with Crippen molar-refractivity contribution in [2.24, 2.45) is 4.99 Å². The van der Waals surface area contributed by atoms with Gasteiger partial charge in [-0.05, 0) is 65.2 Å². The third-order valence-electron chi connectivity index (χ3n) is 3.94. The molecule has 1 amide bonds. The number of ether oxygens (including phenoxy) is 2. The molecule has 7 heteroatoms. The molecule has 0 aliphatic carbocycles. The molecule has 0 spiro atoms. The summed E-state index contributed by atoms with van der Waals surface area (Å²) in [5.41, 5.74) is 1.29. The number of rotatable bonds is 7. The van der Waals surface area contributed by atoms with E-state index in [0.29, 0.717) is 12.5 Å². The number of aryl methyl sites for hydroxylation is 1. The Labute approximate surface area is 169 Å². The molecule has 0 unspecified atom stereocenters. The predicted molar refractivity (Wildman–Crippen MR) is 114 cm³/mol. The van der Waals surface area contributed by atoms with Crippen LogP contribution in [0.2, 0.25) is 0 Å². The van der Waals surface area contributed by atoms with Gasteiger partial charge in [0.1, 0.15) is 11.4 Å². The first kappa shape index (κ1) is 23.6. The second-order valence-corrected chi connectivity index (χ2v) is 8.42. The van der Waals surface area contributed by atoms with Crippen LogP contribution in [0.1, 0.15) is 45.7 Å². The molecule has 1 aromatic rings. The quantitative estimate of drug-likeness (QED) is 0.491. The van der Waals surface area contributed by atoms with Crippen molar-refractivity contribution in [3.05, 3.63) is 29.3 Å². The van der Waals surface area contributed by atoms with Crippen molar-refractivity contribution >= 4 is 12.1 Å². The van der Waals surface area contributed by atoms with Crippen LogP contribution in [0.15, 0.2) is 23.2 Å². The lowest BCUT2D eigenvalue weighted by molar-refractivity contribution is 0.0474. The Bertz CT molecular complexity index is 679. The van der Waals surface area contributed by atoms with E-state index in [0.717, 1.165) is 24.3 Å². The zero-order valence-corrected chi connectivity index (χ0v) is 18.5. The molecule has 0 heterocycles. The van der Waals surface area contributed by atoms with Crippen molar-refractivity contribution in [2.45, 2.75) is 59.1 Å². The number of hydrogen-bond donors (Lipinski definition) is 3. The first-order valence-corrected chi connectivity index (χ1v) is 9.55. The molecule has 0 radical (unpaired) electrons. The molecular formula is C21H36N4O3. The van der Waals surface area contributed by atoms with Crippen LogP contribution in [-0.2, 0) is 11.2 Å². The minimum Gasteiger partial charge on any atom is -0.496 e. The second kappa shape index (κ2) is 10.2. The van der Waals surface area contributed by atoms with E-state index in [-0.39, 0.29) is 0 Å². The van der Waals surface area contributed by atoms with Crippen molar-refractivity contribution in [3.63, 3.8) is 0 Å². The summed E-state index contributed by atoms with van der Waals surface area (Å²) in [4.78, 5) is 16.2. The van der Waals surface area contributed by atoms with E-state index < -0.39 is 17.2 Å². The summed E-state index contributed by atoms with van der Waals surface area (Å²) in [6, 6.07) is 6.22. The average molecular weight is 393 g/mol. The number of carbonyl (C=O) groups excluding carboxylic acids is 1. The van der Waals surface area contributed by atoms with E-state index in [2.05, 4.69) is 39.1 Å². The van der Waals surface area contributed by atoms with Crippen LogP contribution in [-0.4, -0.2) is 50.4 Å². The van der Waals surface area contributed by atoms with E-state index in [1.807, 2.05) is 41.5 Å². The summed E-state index contributed by atoms with van der Waals surface area (Å²) in [6.45, 7) is 12.6. The van der Waals surface area contributed by atoms with Crippen LogP contribution in [0.4, 0.5) is 4.79 Å². The number of benzene rings is 1. The van der Waals surface area contributed by atoms with Crippen molar-refractivity contribution < 1.29 is 14.3 Å². The summed E-state index contributed by atoms with van der Waals surface area (Å²) in [5.74, 6) is 1.58.